The number of hydrogen-bond donors (Lipinski definition) is 1. The van der Waals surface area contributed by atoms with Gasteiger partial charge in [0.15, 0.2) is 16.9 Å². The van der Waals surface area contributed by atoms with Crippen LogP contribution in [0.4, 0.5) is 0 Å². The van der Waals surface area contributed by atoms with Crippen LogP contribution in [0.5, 0.6) is 11.5 Å². The van der Waals surface area contributed by atoms with Gasteiger partial charge in [-0.15, -0.1) is 0 Å². The summed E-state index contributed by atoms with van der Waals surface area (Å²) in [6.45, 7) is 0. The molecule has 0 fully saturated rings. The molecule has 24 heavy (non-hydrogen) atoms. The van der Waals surface area contributed by atoms with E-state index in [1.165, 1.54) is 17.5 Å². The smallest absolute Gasteiger partial charge is 0.354 e. The number of hydrogen-bond acceptors (Lipinski definition) is 5. The van der Waals surface area contributed by atoms with Crippen molar-refractivity contribution < 1.29 is 19.4 Å². The van der Waals surface area contributed by atoms with E-state index in [-0.39, 0.29) is 5.69 Å². The summed E-state index contributed by atoms with van der Waals surface area (Å²) in [6.07, 6.45) is 2.09. The number of carbonyl (C=O) groups is 2. The normalized spacial score (nSPS) is 11.0. The third-order valence-electron chi connectivity index (χ3n) is 3.60. The Hall–Kier alpha value is -3.19. The Balaban J connectivity index is 1.80. The molecule has 7 heteroatoms. The van der Waals surface area contributed by atoms with Crippen molar-refractivity contribution in [2.24, 2.45) is 0 Å². The quantitative estimate of drug-likeness (QED) is 0.572. The number of rotatable bonds is 4. The van der Waals surface area contributed by atoms with Gasteiger partial charge in [-0.25, -0.2) is 9.78 Å². The molecule has 0 aliphatic heterocycles. The van der Waals surface area contributed by atoms with Gasteiger partial charge in [-0.1, -0.05) is 23.5 Å². The van der Waals surface area contributed by atoms with E-state index in [4.69, 9.17) is 4.74 Å². The third-order valence-corrected chi connectivity index (χ3v) is 4.61. The van der Waals surface area contributed by atoms with Gasteiger partial charge in [0, 0.05) is 6.07 Å². The Labute approximate surface area is 139 Å². The number of aldehydes is 1. The van der Waals surface area contributed by atoms with Gasteiger partial charge in [0.25, 0.3) is 0 Å². The van der Waals surface area contributed by atoms with Gasteiger partial charge in [-0.3, -0.25) is 9.20 Å². The van der Waals surface area contributed by atoms with Crippen molar-refractivity contribution in [3.8, 4) is 11.5 Å². The minimum absolute atomic E-state index is 0.121. The molecule has 1 N–H and O–H groups in total. The molecule has 0 saturated carbocycles. The van der Waals surface area contributed by atoms with Crippen molar-refractivity contribution in [3.05, 3.63) is 59.9 Å². The highest BCUT2D eigenvalue weighted by Crippen LogP contribution is 2.32. The van der Waals surface area contributed by atoms with Gasteiger partial charge in [0.2, 0.25) is 0 Å². The second-order valence-electron chi connectivity index (χ2n) is 5.06. The first-order chi connectivity index (χ1) is 11.7. The van der Waals surface area contributed by atoms with Crippen LogP contribution in [0.2, 0.25) is 0 Å². The van der Waals surface area contributed by atoms with E-state index in [9.17, 15) is 14.7 Å². The van der Waals surface area contributed by atoms with Crippen LogP contribution in [0, 0.1) is 0 Å². The van der Waals surface area contributed by atoms with Crippen LogP contribution in [0.25, 0.3) is 15.2 Å². The fourth-order valence-electron chi connectivity index (χ4n) is 2.51. The number of aromatic carboxylic acids is 1. The highest BCUT2D eigenvalue weighted by atomic mass is 32.1. The number of thiazole rings is 1. The van der Waals surface area contributed by atoms with Crippen LogP contribution in [0.15, 0.2) is 48.7 Å². The molecular formula is C17H10N2O4S. The average molecular weight is 338 g/mol. The lowest BCUT2D eigenvalue weighted by Crippen LogP contribution is -2.00. The first kappa shape index (κ1) is 14.4. The molecule has 4 rings (SSSR count). The Morgan fingerprint density at radius 1 is 1.25 bits per heavy atom. The number of benzene rings is 2. The molecular weight excluding hydrogens is 328 g/mol. The summed E-state index contributed by atoms with van der Waals surface area (Å²) < 4.78 is 8.24. The van der Waals surface area contributed by atoms with Gasteiger partial charge in [0.05, 0.1) is 22.0 Å². The van der Waals surface area contributed by atoms with Crippen molar-refractivity contribution in [3.63, 3.8) is 0 Å². The van der Waals surface area contributed by atoms with Crippen LogP contribution >= 0.6 is 11.3 Å². The molecule has 0 aliphatic rings. The molecule has 0 spiro atoms. The Morgan fingerprint density at radius 3 is 2.88 bits per heavy atom. The molecule has 0 saturated heterocycles. The molecule has 2 heterocycles. The zero-order valence-electron chi connectivity index (χ0n) is 12.2. The van der Waals surface area contributed by atoms with Crippen molar-refractivity contribution in [1.82, 2.24) is 9.38 Å². The number of carboxylic acids is 1. The number of imidazole rings is 1. The minimum Gasteiger partial charge on any atom is -0.477 e. The monoisotopic (exact) mass is 338 g/mol. The summed E-state index contributed by atoms with van der Waals surface area (Å²) in [7, 11) is 0. The molecule has 0 atom stereocenters. The summed E-state index contributed by atoms with van der Waals surface area (Å²) >= 11 is 1.37. The fourth-order valence-corrected chi connectivity index (χ4v) is 3.54. The Morgan fingerprint density at radius 2 is 2.08 bits per heavy atom. The molecule has 4 aromatic rings. The summed E-state index contributed by atoms with van der Waals surface area (Å²) in [6, 6.07) is 12.3. The summed E-state index contributed by atoms with van der Waals surface area (Å²) in [5.41, 5.74) is 1.34. The summed E-state index contributed by atoms with van der Waals surface area (Å²) in [5, 5.41) is 9.24. The van der Waals surface area contributed by atoms with Gasteiger partial charge < -0.3 is 9.84 Å². The second kappa shape index (κ2) is 5.47. The van der Waals surface area contributed by atoms with Crippen molar-refractivity contribution in [2.75, 3.05) is 0 Å². The maximum absolute atomic E-state index is 11.3. The van der Waals surface area contributed by atoms with Crippen molar-refractivity contribution >= 4 is 38.8 Å². The van der Waals surface area contributed by atoms with Crippen LogP contribution in [-0.2, 0) is 0 Å². The SMILES string of the molecule is O=Cc1ccccc1Oc1ccc2c(c1)sc1ncc(C(=O)O)n12. The number of carbonyl (C=O) groups excluding carboxylic acids is 1. The molecule has 2 aromatic carbocycles. The molecule has 0 aliphatic carbocycles. The van der Waals surface area contributed by atoms with E-state index < -0.39 is 5.97 Å². The topological polar surface area (TPSA) is 80.9 Å². The van der Waals surface area contributed by atoms with Gasteiger partial charge in [-0.05, 0) is 24.3 Å². The highest BCUT2D eigenvalue weighted by molar-refractivity contribution is 7.23. The highest BCUT2D eigenvalue weighted by Gasteiger charge is 2.16. The molecule has 0 radical (unpaired) electrons. The molecule has 0 unspecified atom stereocenters. The van der Waals surface area contributed by atoms with E-state index in [0.29, 0.717) is 22.0 Å². The standard InChI is InChI=1S/C17H10N2O4S/c20-9-10-3-1-2-4-14(10)23-11-5-6-12-15(7-11)24-17-18-8-13(16(21)22)19(12)17/h1-9H,(H,21,22). The summed E-state index contributed by atoms with van der Waals surface area (Å²) in [5.74, 6) is 0.0139. The first-order valence-electron chi connectivity index (χ1n) is 7.03. The number of aromatic nitrogens is 2. The lowest BCUT2D eigenvalue weighted by Gasteiger charge is -2.07. The molecule has 0 bridgehead atoms. The predicted molar refractivity (Wildman–Crippen MR) is 89.4 cm³/mol. The maximum Gasteiger partial charge on any atom is 0.354 e. The van der Waals surface area contributed by atoms with Crippen LogP contribution in [0.3, 0.4) is 0 Å². The van der Waals surface area contributed by atoms with Crippen LogP contribution in [-0.4, -0.2) is 26.7 Å². The number of ether oxygens (including phenoxy) is 1. The van der Waals surface area contributed by atoms with E-state index in [2.05, 4.69) is 4.98 Å². The number of para-hydroxylation sites is 1. The number of nitrogens with zero attached hydrogens (tertiary/aromatic N) is 2. The predicted octanol–water partition coefficient (Wildman–Crippen LogP) is 3.85. The molecule has 2 aromatic heterocycles. The van der Waals surface area contributed by atoms with Crippen molar-refractivity contribution in [2.45, 2.75) is 0 Å². The molecule has 6 nitrogen and oxygen atoms in total. The van der Waals surface area contributed by atoms with E-state index in [0.717, 1.165) is 16.5 Å². The van der Waals surface area contributed by atoms with Gasteiger partial charge >= 0.3 is 5.97 Å². The third kappa shape index (κ3) is 2.22. The Kier molecular flexibility index (Phi) is 3.28. The maximum atomic E-state index is 11.3. The van der Waals surface area contributed by atoms with Gasteiger partial charge in [0.1, 0.15) is 11.5 Å². The second-order valence-corrected chi connectivity index (χ2v) is 6.07. The fraction of sp³-hybridized carbons (Fsp3) is 0. The van der Waals surface area contributed by atoms with Crippen molar-refractivity contribution in [1.29, 1.82) is 0 Å². The van der Waals surface area contributed by atoms with Crippen LogP contribution < -0.4 is 4.74 Å². The van der Waals surface area contributed by atoms with Crippen LogP contribution in [0.1, 0.15) is 20.8 Å². The van der Waals surface area contributed by atoms with E-state index >= 15 is 0 Å². The zero-order chi connectivity index (χ0) is 16.7. The number of carboxylic acid groups (broad SMARTS) is 1. The minimum atomic E-state index is -1.03. The van der Waals surface area contributed by atoms with E-state index in [1.54, 1.807) is 40.8 Å². The Bertz CT molecular complexity index is 1100. The van der Waals surface area contributed by atoms with E-state index in [1.807, 2.05) is 6.07 Å². The molecule has 118 valence electrons. The summed E-state index contributed by atoms with van der Waals surface area (Å²) in [4.78, 5) is 27.1. The first-order valence-corrected chi connectivity index (χ1v) is 7.84. The van der Waals surface area contributed by atoms with Gasteiger partial charge in [-0.2, -0.15) is 0 Å². The zero-order valence-corrected chi connectivity index (χ0v) is 13.0. The lowest BCUT2D eigenvalue weighted by molar-refractivity contribution is 0.0689. The number of fused-ring (bicyclic) bond motifs is 3. The lowest BCUT2D eigenvalue weighted by atomic mass is 10.2. The average Bonchev–Trinajstić information content (AvgIpc) is 3.13. The largest absolute Gasteiger partial charge is 0.477 e. The molecule has 0 amide bonds.